The predicted molar refractivity (Wildman–Crippen MR) is 41.8 cm³/mol. The van der Waals surface area contributed by atoms with Gasteiger partial charge < -0.3 is 10.5 Å². The first-order valence-electron chi connectivity index (χ1n) is 3.18. The molecule has 0 aliphatic carbocycles. The standard InChI is InChI=1S/C7H4ClFN2O2/c8-4-2-13-6(7(11)12)3(1-10)5(4)9/h2,6H,(H2,11,12). The van der Waals surface area contributed by atoms with Crippen molar-refractivity contribution >= 4 is 17.5 Å². The summed E-state index contributed by atoms with van der Waals surface area (Å²) in [5, 5.41) is 8.12. The molecule has 0 spiro atoms. The van der Waals surface area contributed by atoms with E-state index in [1.807, 2.05) is 0 Å². The Balaban J connectivity index is 3.13. The highest BCUT2D eigenvalue weighted by Gasteiger charge is 2.30. The number of nitrogens with zero attached hydrogens (tertiary/aromatic N) is 1. The van der Waals surface area contributed by atoms with Crippen LogP contribution in [0, 0.1) is 11.3 Å². The van der Waals surface area contributed by atoms with Crippen LogP contribution in [0.4, 0.5) is 4.39 Å². The first-order chi connectivity index (χ1) is 6.07. The van der Waals surface area contributed by atoms with Gasteiger partial charge in [0.15, 0.2) is 5.83 Å². The van der Waals surface area contributed by atoms with E-state index in [0.29, 0.717) is 0 Å². The van der Waals surface area contributed by atoms with Crippen LogP contribution in [0.25, 0.3) is 0 Å². The number of primary amides is 1. The number of hydrogen-bond acceptors (Lipinski definition) is 3. The normalized spacial score (nSPS) is 21.6. The summed E-state index contributed by atoms with van der Waals surface area (Å²) in [4.78, 5) is 10.6. The quantitative estimate of drug-likeness (QED) is 0.680. The lowest BCUT2D eigenvalue weighted by molar-refractivity contribution is -0.124. The fraction of sp³-hybridized carbons (Fsp3) is 0.143. The fourth-order valence-corrected chi connectivity index (χ4v) is 0.962. The molecule has 0 aromatic rings. The van der Waals surface area contributed by atoms with Crippen molar-refractivity contribution in [2.24, 2.45) is 5.73 Å². The van der Waals surface area contributed by atoms with Crippen molar-refractivity contribution in [1.82, 2.24) is 0 Å². The third-order valence-corrected chi connectivity index (χ3v) is 1.65. The van der Waals surface area contributed by atoms with Gasteiger partial charge in [0, 0.05) is 0 Å². The highest BCUT2D eigenvalue weighted by molar-refractivity contribution is 6.31. The second-order valence-electron chi connectivity index (χ2n) is 2.22. The molecule has 0 bridgehead atoms. The Kier molecular flexibility index (Phi) is 2.54. The molecular weight excluding hydrogens is 199 g/mol. The van der Waals surface area contributed by atoms with Gasteiger partial charge in [-0.15, -0.1) is 0 Å². The number of carbonyl (C=O) groups excluding carboxylic acids is 1. The van der Waals surface area contributed by atoms with E-state index in [-0.39, 0.29) is 5.03 Å². The minimum Gasteiger partial charge on any atom is -0.481 e. The average Bonchev–Trinajstić information content (AvgIpc) is 2.09. The van der Waals surface area contributed by atoms with Crippen LogP contribution in [-0.4, -0.2) is 12.0 Å². The van der Waals surface area contributed by atoms with Crippen molar-refractivity contribution in [3.8, 4) is 6.07 Å². The molecule has 1 rings (SSSR count). The number of halogens is 2. The van der Waals surface area contributed by atoms with E-state index in [0.717, 1.165) is 6.26 Å². The Morgan fingerprint density at radius 1 is 1.85 bits per heavy atom. The Morgan fingerprint density at radius 2 is 2.46 bits per heavy atom. The van der Waals surface area contributed by atoms with Gasteiger partial charge in [-0.05, 0) is 0 Å². The molecule has 0 fully saturated rings. The lowest BCUT2D eigenvalue weighted by Crippen LogP contribution is -2.33. The zero-order valence-electron chi connectivity index (χ0n) is 6.25. The summed E-state index contributed by atoms with van der Waals surface area (Å²) in [7, 11) is 0. The highest BCUT2D eigenvalue weighted by atomic mass is 35.5. The van der Waals surface area contributed by atoms with E-state index in [1.54, 1.807) is 0 Å². The molecule has 68 valence electrons. The third-order valence-electron chi connectivity index (χ3n) is 1.39. The SMILES string of the molecule is N#CC1=C(F)C(Cl)=COC1C(N)=O. The first-order valence-corrected chi connectivity index (χ1v) is 3.56. The molecular formula is C7H4ClFN2O2. The van der Waals surface area contributed by atoms with Gasteiger partial charge in [-0.2, -0.15) is 5.26 Å². The highest BCUT2D eigenvalue weighted by Crippen LogP contribution is 2.27. The zero-order valence-corrected chi connectivity index (χ0v) is 7.01. The summed E-state index contributed by atoms with van der Waals surface area (Å²) in [5.74, 6) is -1.91. The molecule has 1 amide bonds. The van der Waals surface area contributed by atoms with Gasteiger partial charge in [0.25, 0.3) is 5.91 Å². The zero-order chi connectivity index (χ0) is 10.0. The molecule has 0 aromatic heterocycles. The Morgan fingerprint density at radius 3 is 2.92 bits per heavy atom. The van der Waals surface area contributed by atoms with E-state index in [2.05, 4.69) is 4.74 Å². The van der Waals surface area contributed by atoms with Crippen LogP contribution in [0.1, 0.15) is 0 Å². The number of carbonyl (C=O) groups is 1. The molecule has 1 unspecified atom stereocenters. The van der Waals surface area contributed by atoms with Crippen molar-refractivity contribution in [1.29, 1.82) is 5.26 Å². The maximum atomic E-state index is 13.0. The van der Waals surface area contributed by atoms with Gasteiger partial charge in [0.05, 0.1) is 0 Å². The van der Waals surface area contributed by atoms with E-state index >= 15 is 0 Å². The van der Waals surface area contributed by atoms with Gasteiger partial charge >= 0.3 is 0 Å². The largest absolute Gasteiger partial charge is 0.481 e. The summed E-state index contributed by atoms with van der Waals surface area (Å²) >= 11 is 5.31. The second-order valence-corrected chi connectivity index (χ2v) is 2.63. The number of ether oxygens (including phenoxy) is 1. The van der Waals surface area contributed by atoms with Gasteiger partial charge in [0.2, 0.25) is 6.10 Å². The lowest BCUT2D eigenvalue weighted by Gasteiger charge is -2.16. The van der Waals surface area contributed by atoms with Crippen molar-refractivity contribution in [2.75, 3.05) is 0 Å². The third kappa shape index (κ3) is 1.63. The predicted octanol–water partition coefficient (Wildman–Crippen LogP) is 0.698. The van der Waals surface area contributed by atoms with Crippen LogP contribution >= 0.6 is 11.6 Å². The van der Waals surface area contributed by atoms with Crippen molar-refractivity contribution < 1.29 is 13.9 Å². The summed E-state index contributed by atoms with van der Waals surface area (Å²) < 4.78 is 17.7. The van der Waals surface area contributed by atoms with E-state index in [9.17, 15) is 9.18 Å². The number of nitriles is 1. The van der Waals surface area contributed by atoms with Crippen LogP contribution in [0.15, 0.2) is 22.7 Å². The molecule has 1 aliphatic heterocycles. The van der Waals surface area contributed by atoms with Crippen molar-refractivity contribution in [2.45, 2.75) is 6.10 Å². The average molecular weight is 203 g/mol. The van der Waals surface area contributed by atoms with Gasteiger partial charge in [-0.25, -0.2) is 4.39 Å². The van der Waals surface area contributed by atoms with Crippen molar-refractivity contribution in [3.05, 3.63) is 22.7 Å². The van der Waals surface area contributed by atoms with Gasteiger partial charge in [-0.3, -0.25) is 4.79 Å². The molecule has 0 saturated carbocycles. The molecule has 13 heavy (non-hydrogen) atoms. The smallest absolute Gasteiger partial charge is 0.264 e. The molecule has 0 saturated heterocycles. The minimum atomic E-state index is -1.38. The summed E-state index contributed by atoms with van der Waals surface area (Å²) in [6, 6.07) is 1.47. The number of hydrogen-bond donors (Lipinski definition) is 1. The topological polar surface area (TPSA) is 76.1 Å². The summed E-state index contributed by atoms with van der Waals surface area (Å²) in [5.41, 5.74) is 4.35. The first kappa shape index (κ1) is 9.55. The number of amides is 1. The maximum Gasteiger partial charge on any atom is 0.264 e. The molecule has 4 nitrogen and oxygen atoms in total. The number of nitrogens with two attached hydrogens (primary N) is 1. The molecule has 6 heteroatoms. The second kappa shape index (κ2) is 3.46. The Hall–Kier alpha value is -1.54. The van der Waals surface area contributed by atoms with Crippen LogP contribution in [0.5, 0.6) is 0 Å². The number of allylic oxidation sites excluding steroid dienone is 2. The van der Waals surface area contributed by atoms with Crippen molar-refractivity contribution in [3.63, 3.8) is 0 Å². The fourth-order valence-electron chi connectivity index (χ4n) is 0.808. The lowest BCUT2D eigenvalue weighted by atomic mass is 10.1. The molecule has 1 atom stereocenters. The Labute approximate surface area is 78.0 Å². The van der Waals surface area contributed by atoms with Crippen LogP contribution in [-0.2, 0) is 9.53 Å². The van der Waals surface area contributed by atoms with Gasteiger partial charge in [-0.1, -0.05) is 11.6 Å². The van der Waals surface area contributed by atoms with Crippen LogP contribution in [0.3, 0.4) is 0 Å². The molecule has 1 heterocycles. The number of rotatable bonds is 1. The Bertz CT molecular complexity index is 356. The molecule has 0 aromatic carbocycles. The summed E-state index contributed by atoms with van der Waals surface area (Å²) in [6.07, 6.45) is -0.542. The summed E-state index contributed by atoms with van der Waals surface area (Å²) in [6.45, 7) is 0. The molecule has 1 aliphatic rings. The molecule has 0 radical (unpaired) electrons. The van der Waals surface area contributed by atoms with E-state index < -0.39 is 23.4 Å². The van der Waals surface area contributed by atoms with E-state index in [4.69, 9.17) is 22.6 Å². The molecule has 2 N–H and O–H groups in total. The van der Waals surface area contributed by atoms with Crippen LogP contribution in [0.2, 0.25) is 0 Å². The van der Waals surface area contributed by atoms with E-state index in [1.165, 1.54) is 6.07 Å². The monoisotopic (exact) mass is 202 g/mol. The van der Waals surface area contributed by atoms with Gasteiger partial charge in [0.1, 0.15) is 22.9 Å². The maximum absolute atomic E-state index is 13.0. The minimum absolute atomic E-state index is 0.353. The van der Waals surface area contributed by atoms with Crippen LogP contribution < -0.4 is 5.73 Å².